The summed E-state index contributed by atoms with van der Waals surface area (Å²) in [5.74, 6) is -0.313. The molecule has 3 nitrogen and oxygen atoms in total. The fourth-order valence-corrected chi connectivity index (χ4v) is 1.58. The smallest absolute Gasteiger partial charge is 0.207 e. The van der Waals surface area contributed by atoms with Crippen LogP contribution in [0.25, 0.3) is 11.1 Å². The minimum atomic E-state index is -0.313. The van der Waals surface area contributed by atoms with E-state index in [1.807, 2.05) is 42.5 Å². The Balaban J connectivity index is 2.28. The van der Waals surface area contributed by atoms with Gasteiger partial charge in [-0.05, 0) is 11.1 Å². The highest BCUT2D eigenvalue weighted by atomic mass is 16.4. The summed E-state index contributed by atoms with van der Waals surface area (Å²) >= 11 is 0. The van der Waals surface area contributed by atoms with Crippen molar-refractivity contribution >= 4 is 12.0 Å². The molecule has 2 aromatic carbocycles. The minimum absolute atomic E-state index is 0.313. The van der Waals surface area contributed by atoms with Gasteiger partial charge in [0.25, 0.3) is 0 Å². The summed E-state index contributed by atoms with van der Waals surface area (Å²) in [5, 5.41) is 11.0. The molecule has 0 atom stereocenters. The van der Waals surface area contributed by atoms with Crippen LogP contribution in [0.1, 0.15) is 10.4 Å². The highest BCUT2D eigenvalue weighted by Gasteiger charge is 2.03. The summed E-state index contributed by atoms with van der Waals surface area (Å²) in [6, 6.07) is 17.1. The molecule has 2 rings (SSSR count). The number of hydrogen-bond acceptors (Lipinski definition) is 3. The predicted molar refractivity (Wildman–Crippen MR) is 66.5 cm³/mol. The molecule has 84 valence electrons. The van der Waals surface area contributed by atoms with E-state index in [4.69, 9.17) is 5.21 Å². The molecule has 0 spiro atoms. The van der Waals surface area contributed by atoms with E-state index in [-0.39, 0.29) is 5.78 Å². The zero-order valence-electron chi connectivity index (χ0n) is 9.08. The Morgan fingerprint density at radius 1 is 0.941 bits per heavy atom. The topological polar surface area (TPSA) is 49.7 Å². The van der Waals surface area contributed by atoms with Crippen molar-refractivity contribution < 1.29 is 10.0 Å². The van der Waals surface area contributed by atoms with Crippen molar-refractivity contribution in [1.29, 1.82) is 0 Å². The lowest BCUT2D eigenvalue weighted by Gasteiger charge is -2.01. The number of carbonyl (C=O) groups excluding carboxylic acids is 1. The molecule has 0 saturated carbocycles. The molecule has 0 unspecified atom stereocenters. The first-order valence-corrected chi connectivity index (χ1v) is 5.18. The van der Waals surface area contributed by atoms with Crippen molar-refractivity contribution in [2.45, 2.75) is 0 Å². The monoisotopic (exact) mass is 225 g/mol. The van der Waals surface area contributed by atoms with Crippen LogP contribution >= 0.6 is 0 Å². The number of carbonyl (C=O) groups is 1. The molecule has 0 fully saturated rings. The Morgan fingerprint density at radius 3 is 2.12 bits per heavy atom. The van der Waals surface area contributed by atoms with E-state index in [0.717, 1.165) is 17.3 Å². The number of ketones is 1. The van der Waals surface area contributed by atoms with E-state index in [0.29, 0.717) is 5.56 Å². The minimum Gasteiger partial charge on any atom is -0.411 e. The van der Waals surface area contributed by atoms with E-state index >= 15 is 0 Å². The van der Waals surface area contributed by atoms with E-state index in [9.17, 15) is 4.79 Å². The molecule has 3 heteroatoms. The van der Waals surface area contributed by atoms with Gasteiger partial charge in [-0.2, -0.15) is 0 Å². The second-order valence-electron chi connectivity index (χ2n) is 3.55. The van der Waals surface area contributed by atoms with Gasteiger partial charge in [0.1, 0.15) is 6.21 Å². The van der Waals surface area contributed by atoms with Crippen molar-refractivity contribution in [3.63, 3.8) is 0 Å². The summed E-state index contributed by atoms with van der Waals surface area (Å²) in [6.45, 7) is 0. The summed E-state index contributed by atoms with van der Waals surface area (Å²) < 4.78 is 0. The number of rotatable bonds is 3. The maximum Gasteiger partial charge on any atom is 0.207 e. The largest absolute Gasteiger partial charge is 0.411 e. The zero-order valence-corrected chi connectivity index (χ0v) is 9.08. The third kappa shape index (κ3) is 2.58. The first-order valence-electron chi connectivity index (χ1n) is 5.18. The Morgan fingerprint density at radius 2 is 1.53 bits per heavy atom. The van der Waals surface area contributed by atoms with Crippen molar-refractivity contribution in [3.8, 4) is 11.1 Å². The summed E-state index contributed by atoms with van der Waals surface area (Å²) in [4.78, 5) is 11.4. The number of oxime groups is 1. The van der Waals surface area contributed by atoms with Gasteiger partial charge in [0.2, 0.25) is 5.78 Å². The predicted octanol–water partition coefficient (Wildman–Crippen LogP) is 3.00. The maximum absolute atomic E-state index is 11.4. The molecule has 0 bridgehead atoms. The highest BCUT2D eigenvalue weighted by molar-refractivity contribution is 6.35. The van der Waals surface area contributed by atoms with Crippen LogP contribution in [0.5, 0.6) is 0 Å². The van der Waals surface area contributed by atoms with Crippen LogP contribution in [0.3, 0.4) is 0 Å². The molecule has 0 saturated heterocycles. The Kier molecular flexibility index (Phi) is 3.31. The van der Waals surface area contributed by atoms with Crippen molar-refractivity contribution in [2.24, 2.45) is 5.16 Å². The normalized spacial score (nSPS) is 10.6. The molecule has 0 amide bonds. The third-order valence-corrected chi connectivity index (χ3v) is 2.45. The molecule has 0 aliphatic carbocycles. The number of Topliss-reactive ketones (excluding diaryl/α,β-unsaturated/α-hetero) is 1. The average molecular weight is 225 g/mol. The molecule has 0 aliphatic heterocycles. The molecular formula is C14H11NO2. The van der Waals surface area contributed by atoms with E-state index in [2.05, 4.69) is 5.16 Å². The molecule has 1 N–H and O–H groups in total. The van der Waals surface area contributed by atoms with Crippen LogP contribution in [0, 0.1) is 0 Å². The van der Waals surface area contributed by atoms with E-state index in [1.165, 1.54) is 0 Å². The van der Waals surface area contributed by atoms with Gasteiger partial charge in [0.15, 0.2) is 0 Å². The van der Waals surface area contributed by atoms with Crippen molar-refractivity contribution in [3.05, 3.63) is 60.2 Å². The standard InChI is InChI=1S/C14H11NO2/c16-14(10-15-17)13-8-6-12(7-9-13)11-4-2-1-3-5-11/h1-10,17H/b15-10+. The lowest BCUT2D eigenvalue weighted by atomic mass is 10.0. The maximum atomic E-state index is 11.4. The molecule has 2 aromatic rings. The van der Waals surface area contributed by atoms with Gasteiger partial charge < -0.3 is 5.21 Å². The summed E-state index contributed by atoms with van der Waals surface area (Å²) in [7, 11) is 0. The van der Waals surface area contributed by atoms with Crippen molar-refractivity contribution in [1.82, 2.24) is 0 Å². The van der Waals surface area contributed by atoms with Crippen LogP contribution in [-0.2, 0) is 0 Å². The Hall–Kier alpha value is -2.42. The number of benzene rings is 2. The molecule has 0 heterocycles. The number of nitrogens with zero attached hydrogens (tertiary/aromatic N) is 1. The van der Waals surface area contributed by atoms with E-state index in [1.54, 1.807) is 12.1 Å². The zero-order chi connectivity index (χ0) is 12.1. The average Bonchev–Trinajstić information content (AvgIpc) is 2.40. The first kappa shape index (κ1) is 11.1. The molecule has 17 heavy (non-hydrogen) atoms. The SMILES string of the molecule is O=C(/C=N/O)c1ccc(-c2ccccc2)cc1. The van der Waals surface area contributed by atoms with Gasteiger partial charge in [-0.15, -0.1) is 0 Å². The molecule has 0 radical (unpaired) electrons. The van der Waals surface area contributed by atoms with Crippen LogP contribution in [0.15, 0.2) is 59.8 Å². The van der Waals surface area contributed by atoms with Crippen molar-refractivity contribution in [2.75, 3.05) is 0 Å². The Labute approximate surface area is 99.0 Å². The third-order valence-electron chi connectivity index (χ3n) is 2.45. The summed E-state index contributed by atoms with van der Waals surface area (Å²) in [6.07, 6.45) is 0.886. The van der Waals surface area contributed by atoms with Gasteiger partial charge in [-0.3, -0.25) is 4.79 Å². The Bertz CT molecular complexity index is 530. The van der Waals surface area contributed by atoms with Crippen LogP contribution in [0.4, 0.5) is 0 Å². The molecule has 0 aliphatic rings. The number of hydrogen-bond donors (Lipinski definition) is 1. The van der Waals surface area contributed by atoms with E-state index < -0.39 is 0 Å². The van der Waals surface area contributed by atoms with Gasteiger partial charge in [0, 0.05) is 5.56 Å². The van der Waals surface area contributed by atoms with Crippen LogP contribution in [0.2, 0.25) is 0 Å². The fraction of sp³-hybridized carbons (Fsp3) is 0. The van der Waals surface area contributed by atoms with Gasteiger partial charge in [-0.25, -0.2) is 0 Å². The van der Waals surface area contributed by atoms with Gasteiger partial charge in [-0.1, -0.05) is 59.8 Å². The lowest BCUT2D eigenvalue weighted by Crippen LogP contribution is -1.99. The second kappa shape index (κ2) is 5.07. The highest BCUT2D eigenvalue weighted by Crippen LogP contribution is 2.19. The second-order valence-corrected chi connectivity index (χ2v) is 3.55. The van der Waals surface area contributed by atoms with Crippen LogP contribution < -0.4 is 0 Å². The first-order chi connectivity index (χ1) is 8.31. The molecule has 0 aromatic heterocycles. The van der Waals surface area contributed by atoms with Crippen LogP contribution in [-0.4, -0.2) is 17.2 Å². The van der Waals surface area contributed by atoms with Gasteiger partial charge in [0.05, 0.1) is 0 Å². The lowest BCUT2D eigenvalue weighted by molar-refractivity contribution is 0.106. The quantitative estimate of drug-likeness (QED) is 0.378. The fourth-order valence-electron chi connectivity index (χ4n) is 1.58. The summed E-state index contributed by atoms with van der Waals surface area (Å²) in [5.41, 5.74) is 2.65. The molecular weight excluding hydrogens is 214 g/mol. The van der Waals surface area contributed by atoms with Gasteiger partial charge >= 0.3 is 0 Å².